The molecule has 2 amide bonds. The fourth-order valence-electron chi connectivity index (χ4n) is 2.23. The van der Waals surface area contributed by atoms with Gasteiger partial charge in [-0.15, -0.1) is 11.3 Å². The Morgan fingerprint density at radius 2 is 1.89 bits per heavy atom. The number of benzene rings is 1. The van der Waals surface area contributed by atoms with Gasteiger partial charge in [-0.3, -0.25) is 9.59 Å². The van der Waals surface area contributed by atoms with Crippen LogP contribution in [-0.2, 0) is 9.53 Å². The molecule has 0 atom stereocenters. The third-order valence-corrected chi connectivity index (χ3v) is 5.24. The van der Waals surface area contributed by atoms with E-state index < -0.39 is 5.41 Å². The van der Waals surface area contributed by atoms with Gasteiger partial charge in [-0.2, -0.15) is 0 Å². The van der Waals surface area contributed by atoms with Crippen LogP contribution in [0.25, 0.3) is 0 Å². The number of hydrogen-bond acceptors (Lipinski definition) is 5. The number of carbonyl (C=O) groups is 2. The highest BCUT2D eigenvalue weighted by atomic mass is 35.5. The minimum absolute atomic E-state index is 0.107. The summed E-state index contributed by atoms with van der Waals surface area (Å²) in [5, 5.41) is 6.73. The van der Waals surface area contributed by atoms with Crippen LogP contribution < -0.4 is 15.4 Å². The molecule has 0 aliphatic heterocycles. The highest BCUT2D eigenvalue weighted by Crippen LogP contribution is 2.34. The number of amides is 2. The molecule has 8 heteroatoms. The molecule has 0 unspecified atom stereocenters. The Hall–Kier alpha value is -2.09. The predicted octanol–water partition coefficient (Wildman–Crippen LogP) is 4.97. The van der Waals surface area contributed by atoms with Crippen molar-refractivity contribution in [3.8, 4) is 5.75 Å². The summed E-state index contributed by atoms with van der Waals surface area (Å²) < 4.78 is 10.6. The Labute approximate surface area is 174 Å². The second kappa shape index (κ2) is 9.41. The zero-order chi connectivity index (χ0) is 20.9. The number of nitrogens with one attached hydrogen (secondary N) is 2. The molecular weight excluding hydrogens is 400 g/mol. The number of para-hydroxylation sites is 1. The van der Waals surface area contributed by atoms with Gasteiger partial charge in [0, 0.05) is 12.5 Å². The van der Waals surface area contributed by atoms with Crippen LogP contribution >= 0.6 is 22.9 Å². The number of anilines is 2. The van der Waals surface area contributed by atoms with E-state index in [0.29, 0.717) is 39.6 Å². The molecule has 2 N–H and O–H groups in total. The Balaban J connectivity index is 2.18. The molecule has 0 fully saturated rings. The number of aryl methyl sites for hydroxylation is 1. The van der Waals surface area contributed by atoms with Crippen molar-refractivity contribution in [2.24, 2.45) is 5.41 Å². The number of halogens is 1. The van der Waals surface area contributed by atoms with E-state index in [1.165, 1.54) is 11.3 Å². The molecule has 0 aliphatic carbocycles. The Kier molecular flexibility index (Phi) is 7.46. The quantitative estimate of drug-likeness (QED) is 0.615. The second-order valence-electron chi connectivity index (χ2n) is 7.24. The van der Waals surface area contributed by atoms with Crippen LogP contribution in [0, 0.1) is 12.3 Å². The third kappa shape index (κ3) is 5.70. The molecule has 0 bridgehead atoms. The lowest BCUT2D eigenvalue weighted by Crippen LogP contribution is -2.27. The zero-order valence-corrected chi connectivity index (χ0v) is 18.2. The van der Waals surface area contributed by atoms with E-state index in [1.54, 1.807) is 31.4 Å². The third-order valence-electron chi connectivity index (χ3n) is 3.79. The Morgan fingerprint density at radius 1 is 1.18 bits per heavy atom. The zero-order valence-electron chi connectivity index (χ0n) is 16.6. The van der Waals surface area contributed by atoms with E-state index in [1.807, 2.05) is 27.7 Å². The molecule has 0 radical (unpaired) electrons. The molecule has 0 spiro atoms. The normalized spacial score (nSPS) is 11.2. The molecule has 1 aromatic heterocycles. The van der Waals surface area contributed by atoms with E-state index in [9.17, 15) is 9.59 Å². The van der Waals surface area contributed by atoms with Gasteiger partial charge in [-0.1, -0.05) is 38.4 Å². The monoisotopic (exact) mass is 424 g/mol. The van der Waals surface area contributed by atoms with Crippen molar-refractivity contribution in [1.29, 1.82) is 0 Å². The van der Waals surface area contributed by atoms with Gasteiger partial charge < -0.3 is 20.1 Å². The van der Waals surface area contributed by atoms with Gasteiger partial charge in [-0.25, -0.2) is 0 Å². The number of hydrogen-bond donors (Lipinski definition) is 2. The van der Waals surface area contributed by atoms with Crippen LogP contribution in [0.3, 0.4) is 0 Å². The van der Waals surface area contributed by atoms with E-state index in [0.717, 1.165) is 5.56 Å². The van der Waals surface area contributed by atoms with Gasteiger partial charge >= 0.3 is 0 Å². The van der Waals surface area contributed by atoms with Crippen LogP contribution in [0.5, 0.6) is 5.75 Å². The average Bonchev–Trinajstić information content (AvgIpc) is 2.97. The fraction of sp³-hybridized carbons (Fsp3) is 0.400. The summed E-state index contributed by atoms with van der Waals surface area (Å²) in [5.74, 6) is -0.00738. The molecule has 1 aromatic carbocycles. The van der Waals surface area contributed by atoms with Crippen LogP contribution in [-0.4, -0.2) is 32.1 Å². The number of carbonyl (C=O) groups excluding carboxylic acids is 2. The van der Waals surface area contributed by atoms with Crippen molar-refractivity contribution in [1.82, 2.24) is 0 Å². The van der Waals surface area contributed by atoms with Crippen molar-refractivity contribution in [2.75, 3.05) is 31.0 Å². The van der Waals surface area contributed by atoms with Crippen LogP contribution in [0.15, 0.2) is 24.3 Å². The van der Waals surface area contributed by atoms with Gasteiger partial charge in [-0.05, 0) is 30.7 Å². The van der Waals surface area contributed by atoms with Crippen molar-refractivity contribution >= 4 is 45.4 Å². The number of rotatable bonds is 7. The van der Waals surface area contributed by atoms with Crippen molar-refractivity contribution in [3.05, 3.63) is 39.7 Å². The molecule has 0 aliphatic rings. The minimum Gasteiger partial charge on any atom is -0.487 e. The first kappa shape index (κ1) is 22.2. The molecule has 28 heavy (non-hydrogen) atoms. The van der Waals surface area contributed by atoms with Crippen LogP contribution in [0.1, 0.15) is 36.0 Å². The SMILES string of the molecule is COCCOc1c(Cl)cccc1NC(=O)c1sc(NC(=O)C(C)(C)C)cc1C. The fourth-order valence-corrected chi connectivity index (χ4v) is 3.42. The van der Waals surface area contributed by atoms with Gasteiger partial charge in [0.25, 0.3) is 5.91 Å². The van der Waals surface area contributed by atoms with Gasteiger partial charge in [0.1, 0.15) is 6.61 Å². The molecule has 1 heterocycles. The first-order valence-electron chi connectivity index (χ1n) is 8.77. The summed E-state index contributed by atoms with van der Waals surface area (Å²) in [6.45, 7) is 8.04. The molecular formula is C20H25ClN2O4S. The van der Waals surface area contributed by atoms with Gasteiger partial charge in [0.15, 0.2) is 5.75 Å². The number of ether oxygens (including phenoxy) is 2. The lowest BCUT2D eigenvalue weighted by Gasteiger charge is -2.16. The van der Waals surface area contributed by atoms with Gasteiger partial charge in [0.05, 0.1) is 27.2 Å². The van der Waals surface area contributed by atoms with Crippen molar-refractivity contribution in [3.63, 3.8) is 0 Å². The number of thiophene rings is 1. The Morgan fingerprint density at radius 3 is 2.54 bits per heavy atom. The summed E-state index contributed by atoms with van der Waals surface area (Å²) in [7, 11) is 1.58. The smallest absolute Gasteiger partial charge is 0.266 e. The lowest BCUT2D eigenvalue weighted by atomic mass is 9.96. The summed E-state index contributed by atoms with van der Waals surface area (Å²) in [4.78, 5) is 25.5. The molecule has 0 saturated carbocycles. The summed E-state index contributed by atoms with van der Waals surface area (Å²) in [5.41, 5.74) is 0.729. The maximum Gasteiger partial charge on any atom is 0.266 e. The predicted molar refractivity (Wildman–Crippen MR) is 114 cm³/mol. The van der Waals surface area contributed by atoms with E-state index in [4.69, 9.17) is 21.1 Å². The molecule has 152 valence electrons. The molecule has 2 rings (SSSR count). The molecule has 0 saturated heterocycles. The Bertz CT molecular complexity index is 858. The second-order valence-corrected chi connectivity index (χ2v) is 8.70. The molecule has 2 aromatic rings. The maximum absolute atomic E-state index is 12.8. The summed E-state index contributed by atoms with van der Waals surface area (Å²) in [6, 6.07) is 6.93. The first-order chi connectivity index (χ1) is 13.1. The van der Waals surface area contributed by atoms with Gasteiger partial charge in [0.2, 0.25) is 5.91 Å². The summed E-state index contributed by atoms with van der Waals surface area (Å²) >= 11 is 7.44. The highest BCUT2D eigenvalue weighted by Gasteiger charge is 2.23. The van der Waals surface area contributed by atoms with Crippen LogP contribution in [0.4, 0.5) is 10.7 Å². The standard InChI is InChI=1S/C20H25ClN2O4S/c1-12-11-15(23-19(25)20(2,3)4)28-17(12)18(24)22-14-8-6-7-13(21)16(14)27-10-9-26-5/h6-8,11H,9-10H2,1-5H3,(H,22,24)(H,23,25). The summed E-state index contributed by atoms with van der Waals surface area (Å²) in [6.07, 6.45) is 0. The van der Waals surface area contributed by atoms with Crippen molar-refractivity contribution < 1.29 is 19.1 Å². The van der Waals surface area contributed by atoms with Crippen LogP contribution in [0.2, 0.25) is 5.02 Å². The van der Waals surface area contributed by atoms with E-state index in [2.05, 4.69) is 10.6 Å². The van der Waals surface area contributed by atoms with Crippen molar-refractivity contribution in [2.45, 2.75) is 27.7 Å². The molecule has 6 nitrogen and oxygen atoms in total. The highest BCUT2D eigenvalue weighted by molar-refractivity contribution is 7.18. The maximum atomic E-state index is 12.8. The lowest BCUT2D eigenvalue weighted by molar-refractivity contribution is -0.123. The number of methoxy groups -OCH3 is 1. The first-order valence-corrected chi connectivity index (χ1v) is 9.96. The van der Waals surface area contributed by atoms with E-state index >= 15 is 0 Å². The minimum atomic E-state index is -0.518. The topological polar surface area (TPSA) is 76.7 Å². The largest absolute Gasteiger partial charge is 0.487 e. The average molecular weight is 425 g/mol. The van der Waals surface area contributed by atoms with E-state index in [-0.39, 0.29) is 11.8 Å².